The lowest BCUT2D eigenvalue weighted by atomic mass is 10.2. The minimum atomic E-state index is -0.933. The molecule has 0 bridgehead atoms. The number of carboxylic acids is 1. The zero-order valence-corrected chi connectivity index (χ0v) is 9.13. The maximum atomic E-state index is 10.3. The molecule has 4 nitrogen and oxygen atoms in total. The largest absolute Gasteiger partial charge is 0.480 e. The predicted molar refractivity (Wildman–Crippen MR) is 58.5 cm³/mol. The predicted octanol–water partition coefficient (Wildman–Crippen LogP) is 0.684. The molecule has 0 aromatic rings. The molecule has 0 aliphatic carbocycles. The number of thioether (sulfide) groups is 1. The molecule has 0 amide bonds. The molecule has 1 atom stereocenters. The maximum Gasteiger partial charge on any atom is 0.321 e. The fourth-order valence-corrected chi connectivity index (χ4v) is 1.92. The van der Waals surface area contributed by atoms with Crippen molar-refractivity contribution in [2.45, 2.75) is 31.7 Å². The summed E-state index contributed by atoms with van der Waals surface area (Å²) >= 11 is 1.58. The van der Waals surface area contributed by atoms with E-state index in [1.165, 1.54) is 0 Å². The fourth-order valence-electron chi connectivity index (χ4n) is 0.951. The zero-order chi connectivity index (χ0) is 10.8. The van der Waals surface area contributed by atoms with Gasteiger partial charge in [-0.15, -0.1) is 0 Å². The molecule has 5 heteroatoms. The Kier molecular flexibility index (Phi) is 9.13. The SMILES string of the molecule is N[C@H](CSCCCCCCO)C(=O)O. The smallest absolute Gasteiger partial charge is 0.321 e. The highest BCUT2D eigenvalue weighted by atomic mass is 32.2. The molecule has 4 N–H and O–H groups in total. The lowest BCUT2D eigenvalue weighted by Crippen LogP contribution is -2.32. The van der Waals surface area contributed by atoms with Crippen LogP contribution in [0.4, 0.5) is 0 Å². The Bertz CT molecular complexity index is 155. The van der Waals surface area contributed by atoms with Crippen LogP contribution in [0.5, 0.6) is 0 Å². The van der Waals surface area contributed by atoms with Gasteiger partial charge >= 0.3 is 5.97 Å². The van der Waals surface area contributed by atoms with Crippen LogP contribution >= 0.6 is 11.8 Å². The first-order valence-corrected chi connectivity index (χ1v) is 6.01. The van der Waals surface area contributed by atoms with Gasteiger partial charge in [0.2, 0.25) is 0 Å². The normalized spacial score (nSPS) is 12.7. The molecule has 0 saturated heterocycles. The third-order valence-electron chi connectivity index (χ3n) is 1.81. The molecule has 0 spiro atoms. The van der Waals surface area contributed by atoms with Crippen LogP contribution in [0.3, 0.4) is 0 Å². The third-order valence-corrected chi connectivity index (χ3v) is 2.98. The van der Waals surface area contributed by atoms with Crippen molar-refractivity contribution in [3.8, 4) is 0 Å². The molecular weight excluding hydrogens is 202 g/mol. The average Bonchev–Trinajstić information content (AvgIpc) is 2.16. The molecule has 14 heavy (non-hydrogen) atoms. The van der Waals surface area contributed by atoms with Crippen LogP contribution < -0.4 is 5.73 Å². The highest BCUT2D eigenvalue weighted by molar-refractivity contribution is 7.99. The minimum absolute atomic E-state index is 0.261. The van der Waals surface area contributed by atoms with Crippen LogP contribution in [0, 0.1) is 0 Å². The molecule has 0 rings (SSSR count). The van der Waals surface area contributed by atoms with E-state index < -0.39 is 12.0 Å². The van der Waals surface area contributed by atoms with Gasteiger partial charge in [0.1, 0.15) is 6.04 Å². The molecule has 0 heterocycles. The van der Waals surface area contributed by atoms with E-state index in [0.29, 0.717) is 5.75 Å². The number of carbonyl (C=O) groups is 1. The van der Waals surface area contributed by atoms with E-state index in [2.05, 4.69) is 0 Å². The number of hydrogen-bond donors (Lipinski definition) is 3. The standard InChI is InChI=1S/C9H19NO3S/c10-8(9(12)13)7-14-6-4-2-1-3-5-11/h8,11H,1-7,10H2,(H,12,13)/t8-/m1/s1. The van der Waals surface area contributed by atoms with Crippen molar-refractivity contribution in [1.82, 2.24) is 0 Å². The quantitative estimate of drug-likeness (QED) is 0.499. The van der Waals surface area contributed by atoms with Gasteiger partial charge in [-0.1, -0.05) is 12.8 Å². The maximum absolute atomic E-state index is 10.3. The summed E-state index contributed by atoms with van der Waals surface area (Å²) in [4.78, 5) is 10.3. The lowest BCUT2D eigenvalue weighted by molar-refractivity contribution is -0.137. The first-order valence-electron chi connectivity index (χ1n) is 4.85. The van der Waals surface area contributed by atoms with Crippen LogP contribution in [0.2, 0.25) is 0 Å². The van der Waals surface area contributed by atoms with Gasteiger partial charge in [0, 0.05) is 12.4 Å². The number of unbranched alkanes of at least 4 members (excludes halogenated alkanes) is 3. The van der Waals surface area contributed by atoms with E-state index in [1.54, 1.807) is 11.8 Å². The second-order valence-electron chi connectivity index (χ2n) is 3.16. The summed E-state index contributed by atoms with van der Waals surface area (Å²) in [5, 5.41) is 17.0. The summed E-state index contributed by atoms with van der Waals surface area (Å²) < 4.78 is 0. The van der Waals surface area contributed by atoms with Crippen LogP contribution in [0.15, 0.2) is 0 Å². The molecular formula is C9H19NO3S. The number of rotatable bonds is 9. The molecule has 0 saturated carbocycles. The molecule has 0 unspecified atom stereocenters. The number of aliphatic carboxylic acids is 1. The van der Waals surface area contributed by atoms with Crippen molar-refractivity contribution in [2.75, 3.05) is 18.1 Å². The topological polar surface area (TPSA) is 83.5 Å². The van der Waals surface area contributed by atoms with Crippen molar-refractivity contribution in [3.05, 3.63) is 0 Å². The highest BCUT2D eigenvalue weighted by Gasteiger charge is 2.09. The van der Waals surface area contributed by atoms with E-state index in [4.69, 9.17) is 15.9 Å². The average molecular weight is 221 g/mol. The van der Waals surface area contributed by atoms with Gasteiger partial charge in [0.15, 0.2) is 0 Å². The number of nitrogens with two attached hydrogens (primary N) is 1. The van der Waals surface area contributed by atoms with Crippen LogP contribution in [0.25, 0.3) is 0 Å². The molecule has 0 fully saturated rings. The summed E-state index contributed by atoms with van der Waals surface area (Å²) in [6.45, 7) is 0.261. The Morgan fingerprint density at radius 1 is 1.29 bits per heavy atom. The Morgan fingerprint density at radius 3 is 2.50 bits per heavy atom. The van der Waals surface area contributed by atoms with Crippen molar-refractivity contribution < 1.29 is 15.0 Å². The highest BCUT2D eigenvalue weighted by Crippen LogP contribution is 2.08. The van der Waals surface area contributed by atoms with E-state index in [-0.39, 0.29) is 6.61 Å². The molecule has 0 radical (unpaired) electrons. The van der Waals surface area contributed by atoms with Crippen LogP contribution in [0.1, 0.15) is 25.7 Å². The van der Waals surface area contributed by atoms with E-state index in [1.807, 2.05) is 0 Å². The molecule has 0 aromatic carbocycles. The Labute approximate surface area is 88.9 Å². The zero-order valence-electron chi connectivity index (χ0n) is 8.32. The van der Waals surface area contributed by atoms with Gasteiger partial charge in [0.25, 0.3) is 0 Å². The van der Waals surface area contributed by atoms with Crippen molar-refractivity contribution in [3.63, 3.8) is 0 Å². The summed E-state index contributed by atoms with van der Waals surface area (Å²) in [6.07, 6.45) is 4.06. The Balaban J connectivity index is 3.09. The molecule has 0 aliphatic rings. The molecule has 0 aromatic heterocycles. The monoisotopic (exact) mass is 221 g/mol. The number of aliphatic hydroxyl groups is 1. The summed E-state index contributed by atoms with van der Waals surface area (Å²) in [5.74, 6) is 0.500. The Morgan fingerprint density at radius 2 is 1.93 bits per heavy atom. The summed E-state index contributed by atoms with van der Waals surface area (Å²) in [6, 6.07) is -0.738. The first kappa shape index (κ1) is 13.7. The third kappa shape index (κ3) is 8.34. The molecule has 0 aliphatic heterocycles. The van der Waals surface area contributed by atoms with Gasteiger partial charge in [0.05, 0.1) is 0 Å². The van der Waals surface area contributed by atoms with Crippen molar-refractivity contribution in [2.24, 2.45) is 5.73 Å². The molecule has 84 valence electrons. The van der Waals surface area contributed by atoms with Gasteiger partial charge in [-0.05, 0) is 18.6 Å². The number of carboxylic acid groups (broad SMARTS) is 1. The summed E-state index contributed by atoms with van der Waals surface area (Å²) in [7, 11) is 0. The summed E-state index contributed by atoms with van der Waals surface area (Å²) in [5.41, 5.74) is 5.33. The van der Waals surface area contributed by atoms with Crippen molar-refractivity contribution >= 4 is 17.7 Å². The van der Waals surface area contributed by atoms with E-state index in [9.17, 15) is 4.79 Å². The van der Waals surface area contributed by atoms with E-state index >= 15 is 0 Å². The number of aliphatic hydroxyl groups excluding tert-OH is 1. The number of hydrogen-bond acceptors (Lipinski definition) is 4. The fraction of sp³-hybridized carbons (Fsp3) is 0.889. The second-order valence-corrected chi connectivity index (χ2v) is 4.31. The second kappa shape index (κ2) is 9.30. The van der Waals surface area contributed by atoms with Crippen LogP contribution in [-0.2, 0) is 4.79 Å². The van der Waals surface area contributed by atoms with Crippen molar-refractivity contribution in [1.29, 1.82) is 0 Å². The lowest BCUT2D eigenvalue weighted by Gasteiger charge is -2.05. The van der Waals surface area contributed by atoms with E-state index in [0.717, 1.165) is 31.4 Å². The van der Waals surface area contributed by atoms with Gasteiger partial charge in [-0.25, -0.2) is 0 Å². The minimum Gasteiger partial charge on any atom is -0.480 e. The van der Waals surface area contributed by atoms with Crippen LogP contribution in [-0.4, -0.2) is 40.3 Å². The Hall–Kier alpha value is -0.260. The first-order chi connectivity index (χ1) is 6.68. The van der Waals surface area contributed by atoms with Gasteiger partial charge in [-0.2, -0.15) is 11.8 Å². The van der Waals surface area contributed by atoms with Gasteiger partial charge in [-0.3, -0.25) is 4.79 Å². The van der Waals surface area contributed by atoms with Gasteiger partial charge < -0.3 is 15.9 Å².